The van der Waals surface area contributed by atoms with Gasteiger partial charge in [-0.25, -0.2) is 9.99 Å². The fourth-order valence-corrected chi connectivity index (χ4v) is 2.65. The Morgan fingerprint density at radius 1 is 1.21 bits per heavy atom. The molecule has 24 heavy (non-hydrogen) atoms. The van der Waals surface area contributed by atoms with Crippen LogP contribution in [0.4, 0.5) is 0 Å². The summed E-state index contributed by atoms with van der Waals surface area (Å²) >= 11 is 0. The maximum Gasteiger partial charge on any atom is 0.268 e. The Hall–Kier alpha value is -2.96. The van der Waals surface area contributed by atoms with E-state index in [9.17, 15) is 9.59 Å². The van der Waals surface area contributed by atoms with E-state index in [-0.39, 0.29) is 17.9 Å². The third-order valence-electron chi connectivity index (χ3n) is 3.99. The van der Waals surface area contributed by atoms with Gasteiger partial charge in [0.05, 0.1) is 0 Å². The number of carbonyl (C=O) groups is 2. The van der Waals surface area contributed by atoms with E-state index in [1.54, 1.807) is 13.2 Å². The summed E-state index contributed by atoms with van der Waals surface area (Å²) in [6.45, 7) is 0. The van der Waals surface area contributed by atoms with Crippen molar-refractivity contribution < 1.29 is 9.59 Å². The normalized spacial score (nSPS) is 15.8. The van der Waals surface area contributed by atoms with Crippen molar-refractivity contribution in [2.45, 2.75) is 18.9 Å². The number of hydrogen-bond acceptors (Lipinski definition) is 4. The number of nitrogens with zero attached hydrogens (tertiary/aromatic N) is 4. The van der Waals surface area contributed by atoms with Gasteiger partial charge in [-0.2, -0.15) is 5.10 Å². The molecule has 0 radical (unpaired) electrons. The molecule has 1 aromatic heterocycles. The Morgan fingerprint density at radius 3 is 2.58 bits per heavy atom. The van der Waals surface area contributed by atoms with E-state index in [1.165, 1.54) is 5.01 Å². The number of benzene rings is 1. The Labute approximate surface area is 140 Å². The van der Waals surface area contributed by atoms with Gasteiger partial charge in [-0.05, 0) is 5.56 Å². The maximum atomic E-state index is 12.6. The van der Waals surface area contributed by atoms with E-state index in [0.29, 0.717) is 18.6 Å². The average molecular weight is 325 g/mol. The topological polar surface area (TPSA) is 79.6 Å². The third kappa shape index (κ3) is 3.19. The van der Waals surface area contributed by atoms with Gasteiger partial charge >= 0.3 is 0 Å². The summed E-state index contributed by atoms with van der Waals surface area (Å²) in [4.78, 5) is 28.5. The largest absolute Gasteiger partial charge is 0.337 e. The van der Waals surface area contributed by atoms with Crippen LogP contribution >= 0.6 is 0 Å². The van der Waals surface area contributed by atoms with E-state index in [4.69, 9.17) is 0 Å². The Bertz CT molecular complexity index is 781. The first-order valence-electron chi connectivity index (χ1n) is 7.73. The number of rotatable bonds is 4. The molecule has 0 unspecified atom stereocenters. The first kappa shape index (κ1) is 15.9. The number of imidazole rings is 1. The molecule has 7 heteroatoms. The molecule has 0 spiro atoms. The fraction of sp³-hybridized carbons (Fsp3) is 0.294. The van der Waals surface area contributed by atoms with Crippen molar-refractivity contribution in [3.63, 3.8) is 0 Å². The SMILES string of the molecule is CN1N=C(C(=O)N[C@H](c2ccccc2)c2nccn2C)CCC1=O. The van der Waals surface area contributed by atoms with Crippen LogP contribution < -0.4 is 5.32 Å². The van der Waals surface area contributed by atoms with Gasteiger partial charge in [0.2, 0.25) is 5.91 Å². The molecule has 1 atom stereocenters. The quantitative estimate of drug-likeness (QED) is 0.918. The molecule has 0 aliphatic carbocycles. The molecule has 0 bridgehead atoms. The molecule has 2 amide bonds. The van der Waals surface area contributed by atoms with Crippen LogP contribution in [-0.4, -0.2) is 39.1 Å². The highest BCUT2D eigenvalue weighted by Gasteiger charge is 2.26. The molecule has 1 aliphatic heterocycles. The second-order valence-electron chi connectivity index (χ2n) is 5.68. The Morgan fingerprint density at radius 2 is 1.96 bits per heavy atom. The number of aromatic nitrogens is 2. The van der Waals surface area contributed by atoms with Crippen LogP contribution in [-0.2, 0) is 16.6 Å². The van der Waals surface area contributed by atoms with Crippen LogP contribution in [0.15, 0.2) is 47.8 Å². The molecule has 2 heterocycles. The van der Waals surface area contributed by atoms with Crippen molar-refractivity contribution in [2.75, 3.05) is 7.05 Å². The molecule has 1 aliphatic rings. The van der Waals surface area contributed by atoms with Crippen LogP contribution in [0.3, 0.4) is 0 Å². The van der Waals surface area contributed by atoms with Gasteiger partial charge in [0.1, 0.15) is 17.6 Å². The highest BCUT2D eigenvalue weighted by atomic mass is 16.2. The highest BCUT2D eigenvalue weighted by molar-refractivity contribution is 6.39. The maximum absolute atomic E-state index is 12.6. The molecular weight excluding hydrogens is 306 g/mol. The molecule has 0 saturated heterocycles. The zero-order chi connectivity index (χ0) is 17.1. The second kappa shape index (κ2) is 6.66. The molecular formula is C17H19N5O2. The zero-order valence-electron chi connectivity index (χ0n) is 13.6. The lowest BCUT2D eigenvalue weighted by Crippen LogP contribution is -2.40. The van der Waals surface area contributed by atoms with Crippen LogP contribution in [0, 0.1) is 0 Å². The first-order chi connectivity index (χ1) is 11.6. The molecule has 0 saturated carbocycles. The minimum Gasteiger partial charge on any atom is -0.337 e. The molecule has 124 valence electrons. The van der Waals surface area contributed by atoms with Gasteiger partial charge in [0.15, 0.2) is 0 Å². The number of carbonyl (C=O) groups excluding carboxylic acids is 2. The number of hydrazone groups is 1. The average Bonchev–Trinajstić information content (AvgIpc) is 3.01. The summed E-state index contributed by atoms with van der Waals surface area (Å²) in [7, 11) is 3.44. The van der Waals surface area contributed by atoms with Crippen LogP contribution in [0.25, 0.3) is 0 Å². The van der Waals surface area contributed by atoms with Gasteiger partial charge in [-0.15, -0.1) is 0 Å². The van der Waals surface area contributed by atoms with Crippen molar-refractivity contribution in [1.82, 2.24) is 19.9 Å². The summed E-state index contributed by atoms with van der Waals surface area (Å²) in [5, 5.41) is 8.28. The summed E-state index contributed by atoms with van der Waals surface area (Å²) < 4.78 is 1.87. The first-order valence-corrected chi connectivity index (χ1v) is 7.73. The third-order valence-corrected chi connectivity index (χ3v) is 3.99. The predicted molar refractivity (Wildman–Crippen MR) is 89.1 cm³/mol. The molecule has 1 aromatic carbocycles. The number of aryl methyl sites for hydroxylation is 1. The van der Waals surface area contributed by atoms with Gasteiger partial charge in [0.25, 0.3) is 5.91 Å². The summed E-state index contributed by atoms with van der Waals surface area (Å²) in [5.74, 6) is 0.358. The van der Waals surface area contributed by atoms with Crippen molar-refractivity contribution in [3.8, 4) is 0 Å². The Balaban J connectivity index is 1.88. The zero-order valence-corrected chi connectivity index (χ0v) is 13.6. The van der Waals surface area contributed by atoms with Crippen molar-refractivity contribution >= 4 is 17.5 Å². The number of hydrogen-bond donors (Lipinski definition) is 1. The van der Waals surface area contributed by atoms with Crippen LogP contribution in [0.1, 0.15) is 30.3 Å². The minimum absolute atomic E-state index is 0.0877. The predicted octanol–water partition coefficient (Wildman–Crippen LogP) is 1.23. The van der Waals surface area contributed by atoms with E-state index in [0.717, 1.165) is 11.4 Å². The van der Waals surface area contributed by atoms with Gasteiger partial charge in [-0.1, -0.05) is 30.3 Å². The lowest BCUT2D eigenvalue weighted by Gasteiger charge is -2.22. The summed E-state index contributed by atoms with van der Waals surface area (Å²) in [6.07, 6.45) is 4.17. The van der Waals surface area contributed by atoms with Crippen molar-refractivity contribution in [2.24, 2.45) is 12.1 Å². The molecule has 7 nitrogen and oxygen atoms in total. The van der Waals surface area contributed by atoms with Crippen molar-refractivity contribution in [1.29, 1.82) is 0 Å². The summed E-state index contributed by atoms with van der Waals surface area (Å²) in [5.41, 5.74) is 1.29. The van der Waals surface area contributed by atoms with E-state index < -0.39 is 0 Å². The second-order valence-corrected chi connectivity index (χ2v) is 5.68. The van der Waals surface area contributed by atoms with Crippen molar-refractivity contribution in [3.05, 3.63) is 54.1 Å². The Kier molecular flexibility index (Phi) is 4.41. The minimum atomic E-state index is -0.385. The molecule has 3 rings (SSSR count). The number of amides is 2. The van der Waals surface area contributed by atoms with Crippen LogP contribution in [0.2, 0.25) is 0 Å². The van der Waals surface area contributed by atoms with E-state index in [2.05, 4.69) is 15.4 Å². The van der Waals surface area contributed by atoms with Gasteiger partial charge in [0, 0.05) is 39.3 Å². The van der Waals surface area contributed by atoms with Gasteiger partial charge in [-0.3, -0.25) is 9.59 Å². The lowest BCUT2D eigenvalue weighted by atomic mass is 10.0. The molecule has 2 aromatic rings. The van der Waals surface area contributed by atoms with Crippen LogP contribution in [0.5, 0.6) is 0 Å². The number of nitrogens with one attached hydrogen (secondary N) is 1. The summed E-state index contributed by atoms with van der Waals surface area (Å²) in [6, 6.07) is 9.26. The van der Waals surface area contributed by atoms with E-state index in [1.807, 2.05) is 48.1 Å². The fourth-order valence-electron chi connectivity index (χ4n) is 2.65. The standard InChI is InChI=1S/C17H19N5O2/c1-21-11-10-18-16(21)15(12-6-4-3-5-7-12)19-17(24)13-8-9-14(23)22(2)20-13/h3-7,10-11,15H,8-9H2,1-2H3,(H,19,24)/t15-/m1/s1. The molecule has 0 fully saturated rings. The monoisotopic (exact) mass is 325 g/mol. The van der Waals surface area contributed by atoms with E-state index >= 15 is 0 Å². The lowest BCUT2D eigenvalue weighted by molar-refractivity contribution is -0.130. The smallest absolute Gasteiger partial charge is 0.268 e. The molecule has 1 N–H and O–H groups in total. The highest BCUT2D eigenvalue weighted by Crippen LogP contribution is 2.20. The van der Waals surface area contributed by atoms with Gasteiger partial charge < -0.3 is 9.88 Å².